The van der Waals surface area contributed by atoms with Gasteiger partial charge in [-0.05, 0) is 34.3 Å². The fraction of sp³-hybridized carbons (Fsp3) is 0.333. The van der Waals surface area contributed by atoms with Gasteiger partial charge >= 0.3 is 0 Å². The number of phenolic OH excluding ortho intramolecular Hbond substituents is 1. The van der Waals surface area contributed by atoms with Crippen LogP contribution in [-0.2, 0) is 0 Å². The smallest absolute Gasteiger partial charge is 0.167 e. The third-order valence-electron chi connectivity index (χ3n) is 1.23. The van der Waals surface area contributed by atoms with E-state index in [1.807, 2.05) is 20.1 Å². The lowest BCUT2D eigenvalue weighted by Crippen LogP contribution is -1.79. The average molecular weight is 267 g/mol. The van der Waals surface area contributed by atoms with Crippen molar-refractivity contribution in [1.29, 1.82) is 0 Å². The molecule has 1 nitrogen and oxygen atoms in total. The van der Waals surface area contributed by atoms with E-state index in [1.54, 1.807) is 6.07 Å². The molecule has 1 aromatic rings. The Bertz CT molecular complexity index is 255. The van der Waals surface area contributed by atoms with E-state index in [2.05, 4.69) is 15.9 Å². The van der Waals surface area contributed by atoms with Gasteiger partial charge in [-0.25, -0.2) is 4.39 Å². The Kier molecular flexibility index (Phi) is 6.16. The molecular weight excluding hydrogens is 255 g/mol. The highest BCUT2D eigenvalue weighted by Gasteiger charge is 2.06. The van der Waals surface area contributed by atoms with Crippen LogP contribution < -0.4 is 0 Å². The Morgan fingerprint density at radius 1 is 1.38 bits per heavy atom. The number of thioether (sulfide) groups is 1. The van der Waals surface area contributed by atoms with Gasteiger partial charge in [0, 0.05) is 4.90 Å². The van der Waals surface area contributed by atoms with Crippen molar-refractivity contribution in [2.45, 2.75) is 18.7 Å². The van der Waals surface area contributed by atoms with E-state index in [-0.39, 0.29) is 5.75 Å². The summed E-state index contributed by atoms with van der Waals surface area (Å²) in [6.07, 6.45) is 1.85. The number of benzene rings is 1. The summed E-state index contributed by atoms with van der Waals surface area (Å²) in [7, 11) is 0. The number of phenols is 1. The largest absolute Gasteiger partial charge is 0.504 e. The highest BCUT2D eigenvalue weighted by atomic mass is 79.9. The van der Waals surface area contributed by atoms with Crippen LogP contribution in [0.1, 0.15) is 13.8 Å². The fourth-order valence-electron chi connectivity index (χ4n) is 0.660. The first-order valence-corrected chi connectivity index (χ1v) is 5.89. The van der Waals surface area contributed by atoms with Crippen LogP contribution in [0.5, 0.6) is 5.75 Å². The van der Waals surface area contributed by atoms with Crippen molar-refractivity contribution in [3.05, 3.63) is 22.4 Å². The van der Waals surface area contributed by atoms with E-state index in [0.717, 1.165) is 4.90 Å². The number of halogens is 2. The van der Waals surface area contributed by atoms with Crippen molar-refractivity contribution >= 4 is 27.7 Å². The maximum absolute atomic E-state index is 12.7. The Labute approximate surface area is 90.5 Å². The van der Waals surface area contributed by atoms with Gasteiger partial charge in [-0.15, -0.1) is 11.8 Å². The second-order valence-corrected chi connectivity index (χ2v) is 3.67. The fourth-order valence-corrected chi connectivity index (χ4v) is 1.70. The predicted molar refractivity (Wildman–Crippen MR) is 58.9 cm³/mol. The van der Waals surface area contributed by atoms with Crippen molar-refractivity contribution in [1.82, 2.24) is 0 Å². The summed E-state index contributed by atoms with van der Waals surface area (Å²) in [5.74, 6) is -0.925. The highest BCUT2D eigenvalue weighted by Crippen LogP contribution is 2.31. The molecule has 0 unspecified atom stereocenters. The minimum atomic E-state index is -0.594. The van der Waals surface area contributed by atoms with Crippen molar-refractivity contribution in [3.8, 4) is 5.75 Å². The van der Waals surface area contributed by atoms with E-state index in [4.69, 9.17) is 5.11 Å². The highest BCUT2D eigenvalue weighted by molar-refractivity contribution is 9.10. The number of hydrogen-bond donors (Lipinski definition) is 1. The summed E-state index contributed by atoms with van der Waals surface area (Å²) in [5, 5.41) is 9.00. The van der Waals surface area contributed by atoms with Gasteiger partial charge in [0.1, 0.15) is 0 Å². The molecule has 0 fully saturated rings. The van der Waals surface area contributed by atoms with Gasteiger partial charge in [-0.3, -0.25) is 0 Å². The maximum atomic E-state index is 12.7. The molecule has 0 aliphatic heterocycles. The molecule has 1 N–H and O–H groups in total. The standard InChI is InChI=1S/C7H6BrFOS.C2H6/c1-11-4-2-5(8)7(10)6(9)3-4;1-2/h2-3,10H,1H3;1-2H3. The zero-order chi connectivity index (χ0) is 10.4. The SMILES string of the molecule is CC.CSc1cc(F)c(O)c(Br)c1. The van der Waals surface area contributed by atoms with Crippen LogP contribution >= 0.6 is 27.7 Å². The van der Waals surface area contributed by atoms with Gasteiger partial charge in [-0.1, -0.05) is 13.8 Å². The molecule has 0 saturated carbocycles. The van der Waals surface area contributed by atoms with Gasteiger partial charge in [-0.2, -0.15) is 0 Å². The topological polar surface area (TPSA) is 20.2 Å². The quantitative estimate of drug-likeness (QED) is 0.775. The number of aromatic hydroxyl groups is 1. The summed E-state index contributed by atoms with van der Waals surface area (Å²) in [4.78, 5) is 0.784. The molecular formula is C9H12BrFOS. The van der Waals surface area contributed by atoms with Gasteiger partial charge < -0.3 is 5.11 Å². The molecule has 1 aromatic carbocycles. The molecule has 0 aromatic heterocycles. The van der Waals surface area contributed by atoms with E-state index >= 15 is 0 Å². The number of rotatable bonds is 1. The monoisotopic (exact) mass is 266 g/mol. The Morgan fingerprint density at radius 3 is 2.31 bits per heavy atom. The van der Waals surface area contributed by atoms with Crippen LogP contribution in [0, 0.1) is 5.82 Å². The van der Waals surface area contributed by atoms with Gasteiger partial charge in [0.05, 0.1) is 4.47 Å². The minimum absolute atomic E-state index is 0.331. The van der Waals surface area contributed by atoms with Gasteiger partial charge in [0.15, 0.2) is 11.6 Å². The summed E-state index contributed by atoms with van der Waals surface area (Å²) in [6.45, 7) is 4.00. The summed E-state index contributed by atoms with van der Waals surface area (Å²) < 4.78 is 13.1. The Balaban J connectivity index is 0.000000671. The zero-order valence-corrected chi connectivity index (χ0v) is 10.2. The molecule has 0 aliphatic rings. The molecule has 0 atom stereocenters. The average Bonchev–Trinajstić information content (AvgIpc) is 2.16. The lowest BCUT2D eigenvalue weighted by Gasteiger charge is -2.00. The first-order valence-electron chi connectivity index (χ1n) is 3.87. The van der Waals surface area contributed by atoms with Crippen LogP contribution in [0.15, 0.2) is 21.5 Å². The molecule has 0 aliphatic carbocycles. The molecule has 13 heavy (non-hydrogen) atoms. The zero-order valence-electron chi connectivity index (χ0n) is 7.77. The third kappa shape index (κ3) is 3.56. The molecule has 0 radical (unpaired) electrons. The lowest BCUT2D eigenvalue weighted by atomic mass is 10.3. The van der Waals surface area contributed by atoms with E-state index < -0.39 is 5.82 Å². The second kappa shape index (κ2) is 6.27. The van der Waals surface area contributed by atoms with Crippen LogP contribution in [0.2, 0.25) is 0 Å². The molecule has 0 amide bonds. The van der Waals surface area contributed by atoms with Crippen LogP contribution in [0.25, 0.3) is 0 Å². The summed E-state index contributed by atoms with van der Waals surface area (Å²) >= 11 is 4.46. The van der Waals surface area contributed by atoms with Crippen molar-refractivity contribution in [3.63, 3.8) is 0 Å². The first kappa shape index (κ1) is 12.8. The first-order chi connectivity index (χ1) is 6.15. The van der Waals surface area contributed by atoms with Gasteiger partial charge in [0.2, 0.25) is 0 Å². The van der Waals surface area contributed by atoms with Crippen molar-refractivity contribution < 1.29 is 9.50 Å². The van der Waals surface area contributed by atoms with E-state index in [1.165, 1.54) is 17.8 Å². The Hall–Kier alpha value is -0.220. The van der Waals surface area contributed by atoms with Crippen LogP contribution in [-0.4, -0.2) is 11.4 Å². The molecule has 0 heterocycles. The third-order valence-corrected chi connectivity index (χ3v) is 2.54. The minimum Gasteiger partial charge on any atom is -0.504 e. The summed E-state index contributed by atoms with van der Waals surface area (Å²) in [6, 6.07) is 2.97. The van der Waals surface area contributed by atoms with Crippen molar-refractivity contribution in [2.24, 2.45) is 0 Å². The number of hydrogen-bond acceptors (Lipinski definition) is 2. The van der Waals surface area contributed by atoms with E-state index in [9.17, 15) is 4.39 Å². The van der Waals surface area contributed by atoms with E-state index in [0.29, 0.717) is 4.47 Å². The van der Waals surface area contributed by atoms with Crippen LogP contribution in [0.3, 0.4) is 0 Å². The van der Waals surface area contributed by atoms with Crippen LogP contribution in [0.4, 0.5) is 4.39 Å². The molecule has 4 heteroatoms. The maximum Gasteiger partial charge on any atom is 0.167 e. The predicted octanol–water partition coefficient (Wildman–Crippen LogP) is 4.04. The Morgan fingerprint density at radius 2 is 1.92 bits per heavy atom. The van der Waals surface area contributed by atoms with Gasteiger partial charge in [0.25, 0.3) is 0 Å². The van der Waals surface area contributed by atoms with Crippen molar-refractivity contribution in [2.75, 3.05) is 6.26 Å². The normalized spacial score (nSPS) is 9.00. The second-order valence-electron chi connectivity index (χ2n) is 1.94. The molecule has 74 valence electrons. The molecule has 1 rings (SSSR count). The summed E-state index contributed by atoms with van der Waals surface area (Å²) in [5.41, 5.74) is 0. The molecule has 0 spiro atoms. The lowest BCUT2D eigenvalue weighted by molar-refractivity contribution is 0.428. The molecule has 0 bridgehead atoms. The molecule has 0 saturated heterocycles.